The van der Waals surface area contributed by atoms with E-state index in [4.69, 9.17) is 10.8 Å². The lowest BCUT2D eigenvalue weighted by atomic mass is 9.76. The first-order chi connectivity index (χ1) is 9.69. The number of hydrogen-bond donors (Lipinski definition) is 4. The second kappa shape index (κ2) is 7.28. The van der Waals surface area contributed by atoms with Gasteiger partial charge in [0.2, 0.25) is 5.91 Å². The summed E-state index contributed by atoms with van der Waals surface area (Å²) in [6, 6.07) is -1.53. The summed E-state index contributed by atoms with van der Waals surface area (Å²) in [7, 11) is 0. The van der Waals surface area contributed by atoms with Gasteiger partial charge in [-0.15, -0.1) is 0 Å². The number of nitrogens with two attached hydrogens (primary N) is 1. The molecule has 1 aliphatic rings. The highest BCUT2D eigenvalue weighted by Gasteiger charge is 2.28. The van der Waals surface area contributed by atoms with Crippen molar-refractivity contribution in [1.82, 2.24) is 10.6 Å². The van der Waals surface area contributed by atoms with Gasteiger partial charge in [-0.25, -0.2) is 9.59 Å². The van der Waals surface area contributed by atoms with Gasteiger partial charge in [0.1, 0.15) is 6.04 Å². The summed E-state index contributed by atoms with van der Waals surface area (Å²) < 4.78 is 0. The molecule has 0 heterocycles. The van der Waals surface area contributed by atoms with Crippen LogP contribution in [-0.4, -0.2) is 35.1 Å². The van der Waals surface area contributed by atoms with Crippen LogP contribution in [-0.2, 0) is 9.59 Å². The van der Waals surface area contributed by atoms with Gasteiger partial charge in [-0.05, 0) is 37.5 Å². The Kier molecular flexibility index (Phi) is 5.99. The molecule has 120 valence electrons. The smallest absolute Gasteiger partial charge is 0.326 e. The Morgan fingerprint density at radius 3 is 2.33 bits per heavy atom. The Labute approximate surface area is 124 Å². The van der Waals surface area contributed by atoms with Crippen molar-refractivity contribution < 1.29 is 19.5 Å². The Bertz CT molecular complexity index is 399. The van der Waals surface area contributed by atoms with Crippen LogP contribution in [0, 0.1) is 5.41 Å². The number of amides is 3. The minimum Gasteiger partial charge on any atom is -0.480 e. The normalized spacial score (nSPS) is 19.5. The average molecular weight is 299 g/mol. The summed E-state index contributed by atoms with van der Waals surface area (Å²) in [6.07, 6.45) is 3.76. The molecule has 0 aromatic carbocycles. The number of rotatable bonds is 6. The molecule has 0 bridgehead atoms. The van der Waals surface area contributed by atoms with Gasteiger partial charge in [0.25, 0.3) is 0 Å². The van der Waals surface area contributed by atoms with Crippen molar-refractivity contribution in [2.45, 2.75) is 64.5 Å². The van der Waals surface area contributed by atoms with Crippen LogP contribution in [0.25, 0.3) is 0 Å². The van der Waals surface area contributed by atoms with E-state index in [0.29, 0.717) is 5.41 Å². The third-order valence-corrected chi connectivity index (χ3v) is 3.96. The topological polar surface area (TPSA) is 122 Å². The van der Waals surface area contributed by atoms with Crippen LogP contribution in [0.5, 0.6) is 0 Å². The minimum absolute atomic E-state index is 0.00418. The maximum atomic E-state index is 11.8. The molecule has 1 saturated carbocycles. The fraction of sp³-hybridized carbons (Fsp3) is 0.786. The molecule has 7 nitrogen and oxygen atoms in total. The van der Waals surface area contributed by atoms with Crippen LogP contribution in [0.4, 0.5) is 4.79 Å². The van der Waals surface area contributed by atoms with Crippen LogP contribution in [0.2, 0.25) is 0 Å². The number of carboxylic acids is 1. The van der Waals surface area contributed by atoms with Crippen LogP contribution < -0.4 is 16.4 Å². The molecule has 0 saturated heterocycles. The summed E-state index contributed by atoms with van der Waals surface area (Å²) in [4.78, 5) is 33.6. The molecule has 0 aliphatic heterocycles. The van der Waals surface area contributed by atoms with Crippen LogP contribution in [0.15, 0.2) is 0 Å². The lowest BCUT2D eigenvalue weighted by Gasteiger charge is -2.34. The molecule has 5 N–H and O–H groups in total. The molecule has 1 fully saturated rings. The number of carboxylic acid groups (broad SMARTS) is 1. The quantitative estimate of drug-likeness (QED) is 0.584. The largest absolute Gasteiger partial charge is 0.480 e. The van der Waals surface area contributed by atoms with Gasteiger partial charge in [-0.2, -0.15) is 0 Å². The monoisotopic (exact) mass is 299 g/mol. The van der Waals surface area contributed by atoms with Crippen molar-refractivity contribution >= 4 is 17.9 Å². The highest BCUT2D eigenvalue weighted by Crippen LogP contribution is 2.34. The van der Waals surface area contributed by atoms with E-state index in [-0.39, 0.29) is 18.9 Å². The first-order valence-corrected chi connectivity index (χ1v) is 7.28. The maximum absolute atomic E-state index is 11.8. The molecule has 1 rings (SSSR count). The number of primary amides is 1. The highest BCUT2D eigenvalue weighted by molar-refractivity contribution is 5.83. The second-order valence-corrected chi connectivity index (χ2v) is 6.45. The fourth-order valence-corrected chi connectivity index (χ4v) is 2.47. The molecular weight excluding hydrogens is 274 g/mol. The van der Waals surface area contributed by atoms with E-state index >= 15 is 0 Å². The summed E-state index contributed by atoms with van der Waals surface area (Å²) in [5.41, 5.74) is 5.29. The second-order valence-electron chi connectivity index (χ2n) is 6.45. The lowest BCUT2D eigenvalue weighted by molar-refractivity contribution is -0.139. The Morgan fingerprint density at radius 2 is 1.86 bits per heavy atom. The van der Waals surface area contributed by atoms with Crippen LogP contribution >= 0.6 is 0 Å². The first-order valence-electron chi connectivity index (χ1n) is 7.28. The van der Waals surface area contributed by atoms with Crippen molar-refractivity contribution in [1.29, 1.82) is 0 Å². The van der Waals surface area contributed by atoms with Crippen LogP contribution in [0.3, 0.4) is 0 Å². The van der Waals surface area contributed by atoms with Gasteiger partial charge >= 0.3 is 12.0 Å². The van der Waals surface area contributed by atoms with E-state index < -0.39 is 23.9 Å². The molecule has 1 atom stereocenters. The third kappa shape index (κ3) is 6.46. The number of carbonyl (C=O) groups is 3. The van der Waals surface area contributed by atoms with E-state index in [9.17, 15) is 14.4 Å². The van der Waals surface area contributed by atoms with Gasteiger partial charge < -0.3 is 21.5 Å². The maximum Gasteiger partial charge on any atom is 0.326 e. The van der Waals surface area contributed by atoms with Gasteiger partial charge in [-0.1, -0.05) is 13.8 Å². The highest BCUT2D eigenvalue weighted by atomic mass is 16.4. The van der Waals surface area contributed by atoms with Crippen molar-refractivity contribution in [2.24, 2.45) is 11.1 Å². The fourth-order valence-electron chi connectivity index (χ4n) is 2.47. The third-order valence-electron chi connectivity index (χ3n) is 3.96. The average Bonchev–Trinajstić information content (AvgIpc) is 2.36. The number of urea groups is 1. The standard InChI is InChI=1S/C14H25N3O4/c1-14(2)7-5-9(6-8-14)16-13(21)17-10(12(19)20)3-4-11(15)18/h9-10H,3-8H2,1-2H3,(H2,15,18)(H,19,20)(H2,16,17,21). The van der Waals surface area contributed by atoms with Crippen molar-refractivity contribution in [2.75, 3.05) is 0 Å². The molecule has 21 heavy (non-hydrogen) atoms. The molecule has 7 heteroatoms. The van der Waals surface area contributed by atoms with Gasteiger partial charge in [0.05, 0.1) is 0 Å². The molecule has 1 unspecified atom stereocenters. The minimum atomic E-state index is -1.17. The van der Waals surface area contributed by atoms with Gasteiger partial charge in [0, 0.05) is 12.5 Å². The van der Waals surface area contributed by atoms with E-state index in [2.05, 4.69) is 24.5 Å². The number of aliphatic carboxylic acids is 1. The van der Waals surface area contributed by atoms with E-state index in [1.807, 2.05) is 0 Å². The summed E-state index contributed by atoms with van der Waals surface area (Å²) in [6.45, 7) is 4.40. The van der Waals surface area contributed by atoms with Gasteiger partial charge in [0.15, 0.2) is 0 Å². The Morgan fingerprint density at radius 1 is 1.29 bits per heavy atom. The zero-order chi connectivity index (χ0) is 16.0. The molecule has 1 aliphatic carbocycles. The number of carbonyl (C=O) groups excluding carboxylic acids is 2. The predicted molar refractivity (Wildman–Crippen MR) is 77.6 cm³/mol. The van der Waals surface area contributed by atoms with E-state index in [1.165, 1.54) is 0 Å². The first kappa shape index (κ1) is 17.3. The molecule has 0 aromatic heterocycles. The summed E-state index contributed by atoms with van der Waals surface area (Å²) >= 11 is 0. The Hall–Kier alpha value is -1.79. The number of hydrogen-bond acceptors (Lipinski definition) is 3. The molecular formula is C14H25N3O4. The molecule has 0 aromatic rings. The van der Waals surface area contributed by atoms with Crippen LogP contribution in [0.1, 0.15) is 52.4 Å². The molecule has 3 amide bonds. The Balaban J connectivity index is 2.40. The van der Waals surface area contributed by atoms with Crippen molar-refractivity contribution in [3.63, 3.8) is 0 Å². The van der Waals surface area contributed by atoms with E-state index in [0.717, 1.165) is 25.7 Å². The van der Waals surface area contributed by atoms with E-state index in [1.54, 1.807) is 0 Å². The predicted octanol–water partition coefficient (Wildman–Crippen LogP) is 0.973. The zero-order valence-electron chi connectivity index (χ0n) is 12.6. The summed E-state index contributed by atoms with van der Waals surface area (Å²) in [5.74, 6) is -1.76. The number of nitrogens with one attached hydrogen (secondary N) is 2. The lowest BCUT2D eigenvalue weighted by Crippen LogP contribution is -2.50. The van der Waals surface area contributed by atoms with Crippen molar-refractivity contribution in [3.8, 4) is 0 Å². The zero-order valence-corrected chi connectivity index (χ0v) is 12.6. The SMILES string of the molecule is CC1(C)CCC(NC(=O)NC(CCC(N)=O)C(=O)O)CC1. The van der Waals surface area contributed by atoms with Gasteiger partial charge in [-0.3, -0.25) is 4.79 Å². The molecule has 0 radical (unpaired) electrons. The molecule has 0 spiro atoms. The van der Waals surface area contributed by atoms with Crippen molar-refractivity contribution in [3.05, 3.63) is 0 Å². The summed E-state index contributed by atoms with van der Waals surface area (Å²) in [5, 5.41) is 14.2.